The van der Waals surface area contributed by atoms with E-state index in [1.807, 2.05) is 0 Å². The van der Waals surface area contributed by atoms with Crippen LogP contribution in [0.3, 0.4) is 0 Å². The van der Waals surface area contributed by atoms with Gasteiger partial charge in [-0.1, -0.05) is 74.9 Å². The lowest BCUT2D eigenvalue weighted by molar-refractivity contribution is 0.590. The van der Waals surface area contributed by atoms with Gasteiger partial charge >= 0.3 is 0 Å². The Balaban J connectivity index is 1.73. The predicted molar refractivity (Wildman–Crippen MR) is 95.0 cm³/mol. The highest BCUT2D eigenvalue weighted by Crippen LogP contribution is 2.44. The fourth-order valence-corrected chi connectivity index (χ4v) is 3.51. The smallest absolute Gasteiger partial charge is 0.00548 e. The summed E-state index contributed by atoms with van der Waals surface area (Å²) in [6, 6.07) is 15.9. The molecule has 0 aromatic heterocycles. The number of rotatable bonds is 2. The molecule has 0 heteroatoms. The normalized spacial score (nSPS) is 17.3. The molecule has 112 valence electrons. The molecule has 2 aliphatic rings. The van der Waals surface area contributed by atoms with E-state index >= 15 is 0 Å². The highest BCUT2D eigenvalue weighted by Gasteiger charge is 2.29. The lowest BCUT2D eigenvalue weighted by Gasteiger charge is -2.19. The van der Waals surface area contributed by atoms with E-state index in [0.29, 0.717) is 0 Å². The van der Waals surface area contributed by atoms with E-state index in [9.17, 15) is 0 Å². The van der Waals surface area contributed by atoms with E-state index in [1.54, 1.807) is 5.57 Å². The van der Waals surface area contributed by atoms with Crippen LogP contribution in [0.1, 0.15) is 50.3 Å². The van der Waals surface area contributed by atoms with Crippen LogP contribution in [0.4, 0.5) is 0 Å². The fraction of sp³-hybridized carbons (Fsp3) is 0.364. The van der Waals surface area contributed by atoms with Crippen molar-refractivity contribution in [3.05, 3.63) is 64.7 Å². The number of allylic oxidation sites excluding steroid dienone is 1. The average Bonchev–Trinajstić information content (AvgIpc) is 3.25. The summed E-state index contributed by atoms with van der Waals surface area (Å²) in [6.45, 7) is 6.81. The SMILES string of the molecule is CC(C)(C)c1ccc(-c2cccc3c2C=C(C2CC2)C3)cc1. The summed E-state index contributed by atoms with van der Waals surface area (Å²) in [6.07, 6.45) is 6.44. The summed E-state index contributed by atoms with van der Waals surface area (Å²) >= 11 is 0. The Hall–Kier alpha value is -1.82. The molecule has 0 radical (unpaired) electrons. The molecule has 2 aromatic rings. The van der Waals surface area contributed by atoms with Gasteiger partial charge in [-0.05, 0) is 58.4 Å². The van der Waals surface area contributed by atoms with Crippen LogP contribution < -0.4 is 0 Å². The molecule has 2 aromatic carbocycles. The molecule has 0 spiro atoms. The van der Waals surface area contributed by atoms with Crippen LogP contribution in [0.25, 0.3) is 17.2 Å². The van der Waals surface area contributed by atoms with Crippen molar-refractivity contribution in [1.29, 1.82) is 0 Å². The maximum atomic E-state index is 2.47. The molecule has 0 amide bonds. The van der Waals surface area contributed by atoms with Gasteiger partial charge in [0.1, 0.15) is 0 Å². The van der Waals surface area contributed by atoms with Gasteiger partial charge in [-0.25, -0.2) is 0 Å². The van der Waals surface area contributed by atoms with E-state index in [1.165, 1.54) is 47.1 Å². The molecule has 22 heavy (non-hydrogen) atoms. The number of hydrogen-bond acceptors (Lipinski definition) is 0. The second-order valence-corrected chi connectivity index (χ2v) is 7.88. The molecule has 0 saturated heterocycles. The standard InChI is InChI=1S/C22H24/c1-22(2,3)19-11-9-16(10-12-19)20-6-4-5-17-13-18(14-21(17)20)15-7-8-15/h4-6,9-12,14-15H,7-8,13H2,1-3H3. The second kappa shape index (κ2) is 4.84. The molecule has 2 aliphatic carbocycles. The molecular formula is C22H24. The van der Waals surface area contributed by atoms with Crippen molar-refractivity contribution in [1.82, 2.24) is 0 Å². The first-order valence-corrected chi connectivity index (χ1v) is 8.46. The van der Waals surface area contributed by atoms with E-state index in [2.05, 4.69) is 69.3 Å². The van der Waals surface area contributed by atoms with Crippen molar-refractivity contribution in [2.24, 2.45) is 5.92 Å². The molecule has 0 atom stereocenters. The first-order valence-electron chi connectivity index (χ1n) is 8.46. The Morgan fingerprint density at radius 1 is 0.909 bits per heavy atom. The third-order valence-corrected chi connectivity index (χ3v) is 5.08. The maximum Gasteiger partial charge on any atom is -0.00548 e. The minimum atomic E-state index is 0.218. The van der Waals surface area contributed by atoms with Crippen molar-refractivity contribution in [3.8, 4) is 11.1 Å². The van der Waals surface area contributed by atoms with Crippen LogP contribution in [-0.4, -0.2) is 0 Å². The Morgan fingerprint density at radius 3 is 2.27 bits per heavy atom. The summed E-state index contributed by atoms with van der Waals surface area (Å²) in [5, 5.41) is 0. The fourth-order valence-electron chi connectivity index (χ4n) is 3.51. The molecule has 1 saturated carbocycles. The first kappa shape index (κ1) is 13.8. The van der Waals surface area contributed by atoms with Crippen LogP contribution in [0.5, 0.6) is 0 Å². The molecule has 0 heterocycles. The van der Waals surface area contributed by atoms with Crippen molar-refractivity contribution < 1.29 is 0 Å². The Bertz CT molecular complexity index is 735. The minimum Gasteiger partial charge on any atom is -0.0621 e. The number of hydrogen-bond donors (Lipinski definition) is 0. The Morgan fingerprint density at radius 2 is 1.64 bits per heavy atom. The zero-order valence-corrected chi connectivity index (χ0v) is 13.8. The summed E-state index contributed by atoms with van der Waals surface area (Å²) < 4.78 is 0. The molecule has 1 fully saturated rings. The summed E-state index contributed by atoms with van der Waals surface area (Å²) in [7, 11) is 0. The monoisotopic (exact) mass is 288 g/mol. The zero-order valence-electron chi connectivity index (χ0n) is 13.8. The van der Waals surface area contributed by atoms with Crippen LogP contribution in [-0.2, 0) is 11.8 Å². The molecule has 0 N–H and O–H groups in total. The van der Waals surface area contributed by atoms with Crippen LogP contribution in [0.2, 0.25) is 0 Å². The Kier molecular flexibility index (Phi) is 3.04. The third kappa shape index (κ3) is 2.41. The Labute approximate surface area is 133 Å². The van der Waals surface area contributed by atoms with Gasteiger partial charge in [0, 0.05) is 0 Å². The van der Waals surface area contributed by atoms with Crippen LogP contribution in [0.15, 0.2) is 48.0 Å². The molecular weight excluding hydrogens is 264 g/mol. The minimum absolute atomic E-state index is 0.218. The van der Waals surface area contributed by atoms with E-state index in [4.69, 9.17) is 0 Å². The number of benzene rings is 2. The van der Waals surface area contributed by atoms with Gasteiger partial charge in [0.05, 0.1) is 0 Å². The first-order chi connectivity index (χ1) is 10.5. The molecule has 0 unspecified atom stereocenters. The predicted octanol–water partition coefficient (Wildman–Crippen LogP) is 6.00. The third-order valence-electron chi connectivity index (χ3n) is 5.08. The van der Waals surface area contributed by atoms with Gasteiger partial charge in [-0.2, -0.15) is 0 Å². The maximum absolute atomic E-state index is 2.47. The lowest BCUT2D eigenvalue weighted by Crippen LogP contribution is -2.10. The molecule has 0 nitrogen and oxygen atoms in total. The van der Waals surface area contributed by atoms with Crippen molar-refractivity contribution in [3.63, 3.8) is 0 Å². The van der Waals surface area contributed by atoms with Crippen molar-refractivity contribution in [2.75, 3.05) is 0 Å². The van der Waals surface area contributed by atoms with Gasteiger partial charge in [0.15, 0.2) is 0 Å². The summed E-state index contributed by atoms with van der Waals surface area (Å²) in [5.41, 5.74) is 9.00. The number of fused-ring (bicyclic) bond motifs is 1. The van der Waals surface area contributed by atoms with Gasteiger partial charge in [-0.3, -0.25) is 0 Å². The van der Waals surface area contributed by atoms with Crippen LogP contribution in [0, 0.1) is 5.92 Å². The van der Waals surface area contributed by atoms with Gasteiger partial charge in [-0.15, -0.1) is 0 Å². The molecule has 4 rings (SSSR count). The van der Waals surface area contributed by atoms with E-state index in [-0.39, 0.29) is 5.41 Å². The zero-order chi connectivity index (χ0) is 15.3. The van der Waals surface area contributed by atoms with Crippen molar-refractivity contribution >= 4 is 6.08 Å². The quantitative estimate of drug-likeness (QED) is 0.635. The summed E-state index contributed by atoms with van der Waals surface area (Å²) in [4.78, 5) is 0. The molecule has 0 bridgehead atoms. The van der Waals surface area contributed by atoms with Gasteiger partial charge in [0.25, 0.3) is 0 Å². The van der Waals surface area contributed by atoms with E-state index in [0.717, 1.165) is 5.92 Å². The average molecular weight is 288 g/mol. The van der Waals surface area contributed by atoms with Gasteiger partial charge in [0.2, 0.25) is 0 Å². The molecule has 0 aliphatic heterocycles. The highest BCUT2D eigenvalue weighted by molar-refractivity contribution is 5.81. The lowest BCUT2D eigenvalue weighted by atomic mass is 9.86. The summed E-state index contributed by atoms with van der Waals surface area (Å²) in [5.74, 6) is 0.878. The highest BCUT2D eigenvalue weighted by atomic mass is 14.3. The second-order valence-electron chi connectivity index (χ2n) is 7.88. The topological polar surface area (TPSA) is 0 Å². The van der Waals surface area contributed by atoms with Crippen molar-refractivity contribution in [2.45, 2.75) is 45.4 Å². The largest absolute Gasteiger partial charge is 0.0621 e. The van der Waals surface area contributed by atoms with E-state index < -0.39 is 0 Å². The van der Waals surface area contributed by atoms with Gasteiger partial charge < -0.3 is 0 Å². The van der Waals surface area contributed by atoms with Crippen LogP contribution >= 0.6 is 0 Å².